The molecule has 3 aromatic rings. The summed E-state index contributed by atoms with van der Waals surface area (Å²) in [5, 5.41) is 23.7. The van der Waals surface area contributed by atoms with Gasteiger partial charge in [0.1, 0.15) is 29.7 Å². The molecule has 0 saturated heterocycles. The van der Waals surface area contributed by atoms with Crippen molar-refractivity contribution in [3.63, 3.8) is 0 Å². The molecule has 3 rings (SSSR count). The number of non-ortho nitro benzene ring substituents is 1. The minimum atomic E-state index is -0.752. The Morgan fingerprint density at radius 1 is 1.20 bits per heavy atom. The van der Waals surface area contributed by atoms with E-state index in [1.165, 1.54) is 25.3 Å². The second kappa shape index (κ2) is 11.8. The highest BCUT2D eigenvalue weighted by Crippen LogP contribution is 2.36. The Balaban J connectivity index is 1.83. The first kappa shape index (κ1) is 26.2. The van der Waals surface area contributed by atoms with Crippen molar-refractivity contribution >= 4 is 66.8 Å². The van der Waals surface area contributed by atoms with E-state index in [0.717, 1.165) is 11.6 Å². The van der Waals surface area contributed by atoms with Crippen LogP contribution in [0.3, 0.4) is 0 Å². The lowest BCUT2D eigenvalue weighted by Crippen LogP contribution is -2.14. The minimum Gasteiger partial charge on any atom is -0.495 e. The van der Waals surface area contributed by atoms with Crippen molar-refractivity contribution in [1.82, 2.24) is 0 Å². The van der Waals surface area contributed by atoms with Gasteiger partial charge in [-0.15, -0.1) is 0 Å². The summed E-state index contributed by atoms with van der Waals surface area (Å²) in [6, 6.07) is 16.3. The highest BCUT2D eigenvalue weighted by molar-refractivity contribution is 9.11. The SMILES string of the molecule is COc1ccc([N+](=O)[O-])cc1NC(=O)/C(C#N)=C/c1cc(Br)c(OCc2ccccc2Cl)c(Br)c1. The molecule has 0 bridgehead atoms. The van der Waals surface area contributed by atoms with Crippen molar-refractivity contribution in [2.45, 2.75) is 6.61 Å². The fraction of sp³-hybridized carbons (Fsp3) is 0.0833. The summed E-state index contributed by atoms with van der Waals surface area (Å²) in [7, 11) is 1.36. The number of methoxy groups -OCH3 is 1. The van der Waals surface area contributed by atoms with Crippen molar-refractivity contribution in [2.24, 2.45) is 0 Å². The number of ether oxygens (including phenoxy) is 2. The van der Waals surface area contributed by atoms with Gasteiger partial charge in [-0.25, -0.2) is 0 Å². The van der Waals surface area contributed by atoms with Crippen molar-refractivity contribution in [2.75, 3.05) is 12.4 Å². The van der Waals surface area contributed by atoms with Crippen LogP contribution in [0.1, 0.15) is 11.1 Å². The molecule has 0 spiro atoms. The van der Waals surface area contributed by atoms with Crippen LogP contribution >= 0.6 is 43.5 Å². The Morgan fingerprint density at radius 3 is 2.49 bits per heavy atom. The van der Waals surface area contributed by atoms with Crippen molar-refractivity contribution < 1.29 is 19.2 Å². The summed E-state index contributed by atoms with van der Waals surface area (Å²) < 4.78 is 12.2. The van der Waals surface area contributed by atoms with Gasteiger partial charge < -0.3 is 14.8 Å². The van der Waals surface area contributed by atoms with Crippen molar-refractivity contribution in [3.8, 4) is 17.6 Å². The zero-order valence-corrected chi connectivity index (χ0v) is 22.0. The number of benzene rings is 3. The number of nitrogens with one attached hydrogen (secondary N) is 1. The molecule has 0 aliphatic rings. The third-order valence-corrected chi connectivity index (χ3v) is 6.22. The molecule has 8 nitrogen and oxygen atoms in total. The van der Waals surface area contributed by atoms with Gasteiger partial charge >= 0.3 is 0 Å². The first-order valence-corrected chi connectivity index (χ1v) is 11.8. The Bertz CT molecular complexity index is 1350. The lowest BCUT2D eigenvalue weighted by molar-refractivity contribution is -0.384. The first-order valence-electron chi connectivity index (χ1n) is 9.84. The van der Waals surface area contributed by atoms with Gasteiger partial charge in [-0.3, -0.25) is 14.9 Å². The molecule has 0 aliphatic heterocycles. The van der Waals surface area contributed by atoms with E-state index in [2.05, 4.69) is 37.2 Å². The fourth-order valence-corrected chi connectivity index (χ4v) is 4.62. The number of amides is 1. The van der Waals surface area contributed by atoms with Crippen LogP contribution in [0.25, 0.3) is 6.08 Å². The van der Waals surface area contributed by atoms with E-state index in [0.29, 0.717) is 25.3 Å². The summed E-state index contributed by atoms with van der Waals surface area (Å²) in [4.78, 5) is 23.2. The molecule has 178 valence electrons. The molecule has 0 aliphatic carbocycles. The molecule has 0 unspecified atom stereocenters. The maximum atomic E-state index is 12.7. The highest BCUT2D eigenvalue weighted by atomic mass is 79.9. The number of nitro groups is 1. The monoisotopic (exact) mass is 619 g/mol. The number of anilines is 1. The number of rotatable bonds is 8. The van der Waals surface area contributed by atoms with Gasteiger partial charge in [-0.2, -0.15) is 5.26 Å². The van der Waals surface area contributed by atoms with Gasteiger partial charge in [0.15, 0.2) is 0 Å². The van der Waals surface area contributed by atoms with Crippen LogP contribution < -0.4 is 14.8 Å². The quantitative estimate of drug-likeness (QED) is 0.127. The van der Waals surface area contributed by atoms with Gasteiger partial charge in [-0.1, -0.05) is 29.8 Å². The number of nitrogens with zero attached hydrogens (tertiary/aromatic N) is 2. The van der Waals surface area contributed by atoms with E-state index < -0.39 is 10.8 Å². The van der Waals surface area contributed by atoms with Crippen LogP contribution in [0.4, 0.5) is 11.4 Å². The minimum absolute atomic E-state index is 0.0681. The third kappa shape index (κ3) is 6.60. The maximum Gasteiger partial charge on any atom is 0.271 e. The van der Waals surface area contributed by atoms with Crippen LogP contribution in [0, 0.1) is 21.4 Å². The molecular weight excluding hydrogens is 606 g/mol. The maximum absolute atomic E-state index is 12.7. The van der Waals surface area contributed by atoms with Gasteiger partial charge in [0.2, 0.25) is 0 Å². The second-order valence-electron chi connectivity index (χ2n) is 6.96. The fourth-order valence-electron chi connectivity index (χ4n) is 2.98. The van der Waals surface area contributed by atoms with E-state index in [1.54, 1.807) is 18.2 Å². The highest BCUT2D eigenvalue weighted by Gasteiger charge is 2.17. The Labute approximate surface area is 222 Å². The average Bonchev–Trinajstić information content (AvgIpc) is 2.82. The summed E-state index contributed by atoms with van der Waals surface area (Å²) in [6.45, 7) is 0.239. The molecule has 0 heterocycles. The molecule has 11 heteroatoms. The predicted molar refractivity (Wildman–Crippen MR) is 139 cm³/mol. The molecule has 1 N–H and O–H groups in total. The first-order chi connectivity index (χ1) is 16.7. The van der Waals surface area contributed by atoms with E-state index in [1.807, 2.05) is 24.3 Å². The van der Waals surface area contributed by atoms with E-state index >= 15 is 0 Å². The third-order valence-electron chi connectivity index (χ3n) is 4.67. The Kier molecular flexibility index (Phi) is 8.87. The lowest BCUT2D eigenvalue weighted by Gasteiger charge is -2.12. The zero-order chi connectivity index (χ0) is 25.5. The number of nitriles is 1. The summed E-state index contributed by atoms with van der Waals surface area (Å²) in [5.41, 5.74) is 0.966. The largest absolute Gasteiger partial charge is 0.495 e. The number of halogens is 3. The molecule has 0 aromatic heterocycles. The van der Waals surface area contributed by atoms with Crippen LogP contribution in [-0.4, -0.2) is 17.9 Å². The van der Waals surface area contributed by atoms with Crippen LogP contribution in [0.5, 0.6) is 11.5 Å². The molecule has 0 atom stereocenters. The molecular formula is C24H16Br2ClN3O5. The molecule has 0 saturated carbocycles. The lowest BCUT2D eigenvalue weighted by atomic mass is 10.1. The number of nitro benzene ring substituents is 1. The Morgan fingerprint density at radius 2 is 1.89 bits per heavy atom. The summed E-state index contributed by atoms with van der Waals surface area (Å²) in [5.74, 6) is -0.0179. The summed E-state index contributed by atoms with van der Waals surface area (Å²) in [6.07, 6.45) is 1.38. The van der Waals surface area contributed by atoms with Gasteiger partial charge in [-0.05, 0) is 67.8 Å². The van der Waals surface area contributed by atoms with Gasteiger partial charge in [0.25, 0.3) is 11.6 Å². The Hall–Kier alpha value is -3.39. The van der Waals surface area contributed by atoms with Gasteiger partial charge in [0, 0.05) is 22.7 Å². The molecule has 0 fully saturated rings. The average molecular weight is 622 g/mol. The van der Waals surface area contributed by atoms with E-state index in [4.69, 9.17) is 21.1 Å². The molecule has 1 amide bonds. The smallest absolute Gasteiger partial charge is 0.271 e. The number of carbonyl (C=O) groups excluding carboxylic acids is 1. The van der Waals surface area contributed by atoms with E-state index in [9.17, 15) is 20.2 Å². The van der Waals surface area contributed by atoms with E-state index in [-0.39, 0.29) is 29.3 Å². The van der Waals surface area contributed by atoms with Crippen LogP contribution in [-0.2, 0) is 11.4 Å². The topological polar surface area (TPSA) is 114 Å². The molecule has 3 aromatic carbocycles. The van der Waals surface area contributed by atoms with Crippen molar-refractivity contribution in [3.05, 3.63) is 95.4 Å². The molecule has 35 heavy (non-hydrogen) atoms. The van der Waals surface area contributed by atoms with Crippen LogP contribution in [0.15, 0.2) is 69.1 Å². The standard InChI is InChI=1S/C24H16Br2ClN3O5/c1-34-22-7-6-17(30(32)33)11-21(22)29-24(31)16(12-28)8-14-9-18(25)23(19(26)10-14)35-13-15-4-2-3-5-20(15)27/h2-11H,13H2,1H3,(H,29,31)/b16-8+. The number of hydrogen-bond donors (Lipinski definition) is 1. The van der Waals surface area contributed by atoms with Crippen molar-refractivity contribution in [1.29, 1.82) is 5.26 Å². The van der Waals surface area contributed by atoms with Crippen LogP contribution in [0.2, 0.25) is 5.02 Å². The summed E-state index contributed by atoms with van der Waals surface area (Å²) >= 11 is 13.1. The van der Waals surface area contributed by atoms with Gasteiger partial charge in [0.05, 0.1) is 26.7 Å². The second-order valence-corrected chi connectivity index (χ2v) is 9.08. The molecule has 0 radical (unpaired) electrons. The normalized spacial score (nSPS) is 10.9. The zero-order valence-electron chi connectivity index (χ0n) is 18.1. The predicted octanol–water partition coefficient (Wildman–Crippen LogP) is 6.91. The number of hydrogen-bond acceptors (Lipinski definition) is 6. The number of carbonyl (C=O) groups is 1.